The van der Waals surface area contributed by atoms with Crippen LogP contribution in [0, 0.1) is 18.3 Å². The number of hydrogen-bond acceptors (Lipinski definition) is 3. The second-order valence-electron chi connectivity index (χ2n) is 3.90. The van der Waals surface area contributed by atoms with Crippen LogP contribution in [0.3, 0.4) is 0 Å². The molecule has 1 aromatic heterocycles. The molecule has 0 radical (unpaired) electrons. The monoisotopic (exact) mass is 223 g/mol. The minimum atomic E-state index is 0.629. The van der Waals surface area contributed by atoms with E-state index in [9.17, 15) is 0 Å². The molecule has 0 unspecified atom stereocenters. The maximum absolute atomic E-state index is 9.06. The fraction of sp³-hybridized carbons (Fsp3) is 0.143. The lowest BCUT2D eigenvalue weighted by atomic mass is 10.2. The summed E-state index contributed by atoms with van der Waals surface area (Å²) in [7, 11) is 1.94. The lowest BCUT2D eigenvalue weighted by molar-refractivity contribution is 1.16. The summed E-state index contributed by atoms with van der Waals surface area (Å²) in [6.07, 6.45) is 3.34. The Balaban J connectivity index is 2.44. The molecule has 0 N–H and O–H groups in total. The summed E-state index contributed by atoms with van der Waals surface area (Å²) in [6.45, 7) is 2.05. The van der Waals surface area contributed by atoms with Crippen LogP contribution in [0.15, 0.2) is 42.7 Å². The number of nitriles is 1. The van der Waals surface area contributed by atoms with E-state index in [0.717, 1.165) is 11.4 Å². The van der Waals surface area contributed by atoms with Crippen LogP contribution in [0.1, 0.15) is 11.1 Å². The lowest BCUT2D eigenvalue weighted by Crippen LogP contribution is -2.11. The molecule has 0 saturated carbocycles. The molecule has 0 fully saturated rings. The second-order valence-corrected chi connectivity index (χ2v) is 3.90. The van der Waals surface area contributed by atoms with Crippen LogP contribution in [0.4, 0.5) is 11.4 Å². The molecule has 3 nitrogen and oxygen atoms in total. The van der Waals surface area contributed by atoms with Crippen LogP contribution >= 0.6 is 0 Å². The number of pyridine rings is 1. The first-order valence-corrected chi connectivity index (χ1v) is 5.37. The Labute approximate surface area is 101 Å². The predicted molar refractivity (Wildman–Crippen MR) is 68.2 cm³/mol. The third kappa shape index (κ3) is 2.26. The number of rotatable bonds is 2. The minimum absolute atomic E-state index is 0.629. The van der Waals surface area contributed by atoms with E-state index in [4.69, 9.17) is 5.26 Å². The third-order valence-corrected chi connectivity index (χ3v) is 2.67. The van der Waals surface area contributed by atoms with Crippen LogP contribution in [-0.4, -0.2) is 12.0 Å². The molecular weight excluding hydrogens is 210 g/mol. The predicted octanol–water partition coefficient (Wildman–Crippen LogP) is 3.03. The topological polar surface area (TPSA) is 39.9 Å². The zero-order valence-corrected chi connectivity index (χ0v) is 9.88. The Morgan fingerprint density at radius 1 is 1.29 bits per heavy atom. The lowest BCUT2D eigenvalue weighted by Gasteiger charge is -2.20. The van der Waals surface area contributed by atoms with Crippen molar-refractivity contribution >= 4 is 11.4 Å². The van der Waals surface area contributed by atoms with E-state index in [1.807, 2.05) is 37.1 Å². The maximum atomic E-state index is 9.06. The van der Waals surface area contributed by atoms with Gasteiger partial charge in [0, 0.05) is 18.9 Å². The summed E-state index contributed by atoms with van der Waals surface area (Å²) in [5.41, 5.74) is 3.69. The molecule has 0 spiro atoms. The van der Waals surface area contributed by atoms with Crippen molar-refractivity contribution in [1.82, 2.24) is 4.98 Å². The van der Waals surface area contributed by atoms with Crippen molar-refractivity contribution in [3.05, 3.63) is 53.9 Å². The van der Waals surface area contributed by atoms with Gasteiger partial charge >= 0.3 is 0 Å². The molecule has 0 aliphatic carbocycles. The van der Waals surface area contributed by atoms with Crippen molar-refractivity contribution in [2.75, 3.05) is 11.9 Å². The highest BCUT2D eigenvalue weighted by atomic mass is 15.1. The van der Waals surface area contributed by atoms with Gasteiger partial charge in [-0.15, -0.1) is 0 Å². The molecule has 0 amide bonds. The van der Waals surface area contributed by atoms with E-state index in [1.165, 1.54) is 5.56 Å². The molecule has 0 aliphatic rings. The van der Waals surface area contributed by atoms with Crippen LogP contribution < -0.4 is 4.90 Å². The standard InChI is InChI=1S/C14H13N3/c1-11-4-3-5-13(8-11)17(2)14-10-16-7-6-12(14)9-15/h3-8,10H,1-2H3. The largest absolute Gasteiger partial charge is 0.342 e. The quantitative estimate of drug-likeness (QED) is 0.785. The highest BCUT2D eigenvalue weighted by Gasteiger charge is 2.08. The Bertz CT molecular complexity index is 570. The van der Waals surface area contributed by atoms with Gasteiger partial charge in [0.05, 0.1) is 17.4 Å². The zero-order valence-electron chi connectivity index (χ0n) is 9.88. The van der Waals surface area contributed by atoms with Crippen molar-refractivity contribution in [1.29, 1.82) is 5.26 Å². The van der Waals surface area contributed by atoms with Crippen molar-refractivity contribution in [3.63, 3.8) is 0 Å². The first-order chi connectivity index (χ1) is 8.22. The van der Waals surface area contributed by atoms with Crippen LogP contribution in [0.25, 0.3) is 0 Å². The van der Waals surface area contributed by atoms with Crippen molar-refractivity contribution < 1.29 is 0 Å². The molecule has 3 heteroatoms. The van der Waals surface area contributed by atoms with Gasteiger partial charge in [0.15, 0.2) is 0 Å². The third-order valence-electron chi connectivity index (χ3n) is 2.67. The molecule has 1 aromatic carbocycles. The average Bonchev–Trinajstić information content (AvgIpc) is 2.38. The molecule has 17 heavy (non-hydrogen) atoms. The highest BCUT2D eigenvalue weighted by molar-refractivity contribution is 5.67. The first kappa shape index (κ1) is 11.2. The second kappa shape index (κ2) is 4.67. The van der Waals surface area contributed by atoms with Gasteiger partial charge in [0.25, 0.3) is 0 Å². The van der Waals surface area contributed by atoms with E-state index in [2.05, 4.69) is 17.1 Å². The maximum Gasteiger partial charge on any atom is 0.101 e. The van der Waals surface area contributed by atoms with Crippen molar-refractivity contribution in [2.45, 2.75) is 6.92 Å². The van der Waals surface area contributed by atoms with Crippen LogP contribution in [0.5, 0.6) is 0 Å². The fourth-order valence-electron chi connectivity index (χ4n) is 1.72. The average molecular weight is 223 g/mol. The van der Waals surface area contributed by atoms with Gasteiger partial charge in [-0.1, -0.05) is 12.1 Å². The number of aryl methyl sites for hydroxylation is 1. The fourth-order valence-corrected chi connectivity index (χ4v) is 1.72. The van der Waals surface area contributed by atoms with E-state index in [-0.39, 0.29) is 0 Å². The highest BCUT2D eigenvalue weighted by Crippen LogP contribution is 2.26. The summed E-state index contributed by atoms with van der Waals surface area (Å²) in [5.74, 6) is 0. The molecule has 0 saturated heterocycles. The van der Waals surface area contributed by atoms with Gasteiger partial charge in [-0.05, 0) is 30.7 Å². The minimum Gasteiger partial charge on any atom is -0.342 e. The van der Waals surface area contributed by atoms with Gasteiger partial charge in [0.1, 0.15) is 6.07 Å². The molecule has 0 bridgehead atoms. The number of hydrogen-bond donors (Lipinski definition) is 0. The van der Waals surface area contributed by atoms with Crippen molar-refractivity contribution in [2.24, 2.45) is 0 Å². The van der Waals surface area contributed by atoms with E-state index in [0.29, 0.717) is 5.56 Å². The molecule has 2 rings (SSSR count). The SMILES string of the molecule is Cc1cccc(N(C)c2cnccc2C#N)c1. The Kier molecular flexibility index (Phi) is 3.06. The van der Waals surface area contributed by atoms with E-state index < -0.39 is 0 Å². The Morgan fingerprint density at radius 2 is 2.12 bits per heavy atom. The normalized spacial score (nSPS) is 9.71. The number of aromatic nitrogens is 1. The number of benzene rings is 1. The molecule has 0 atom stereocenters. The van der Waals surface area contributed by atoms with Gasteiger partial charge < -0.3 is 4.90 Å². The van der Waals surface area contributed by atoms with Gasteiger partial charge in [-0.3, -0.25) is 4.98 Å². The summed E-state index contributed by atoms with van der Waals surface area (Å²) in [6, 6.07) is 12.0. The smallest absolute Gasteiger partial charge is 0.101 e. The van der Waals surface area contributed by atoms with Gasteiger partial charge in [-0.2, -0.15) is 5.26 Å². The van der Waals surface area contributed by atoms with E-state index in [1.54, 1.807) is 18.5 Å². The molecule has 84 valence electrons. The molecule has 2 aromatic rings. The van der Waals surface area contributed by atoms with E-state index >= 15 is 0 Å². The Hall–Kier alpha value is -2.34. The van der Waals surface area contributed by atoms with Crippen LogP contribution in [0.2, 0.25) is 0 Å². The van der Waals surface area contributed by atoms with Crippen LogP contribution in [-0.2, 0) is 0 Å². The van der Waals surface area contributed by atoms with Gasteiger partial charge in [-0.25, -0.2) is 0 Å². The molecular formula is C14H13N3. The summed E-state index contributed by atoms with van der Waals surface area (Å²) in [5, 5.41) is 9.06. The first-order valence-electron chi connectivity index (χ1n) is 5.37. The molecule has 1 heterocycles. The summed E-state index contributed by atoms with van der Waals surface area (Å²) in [4.78, 5) is 6.04. The summed E-state index contributed by atoms with van der Waals surface area (Å²) >= 11 is 0. The molecule has 0 aliphatic heterocycles. The zero-order chi connectivity index (χ0) is 12.3. The number of anilines is 2. The van der Waals surface area contributed by atoms with Gasteiger partial charge in [0.2, 0.25) is 0 Å². The van der Waals surface area contributed by atoms with Crippen molar-refractivity contribution in [3.8, 4) is 6.07 Å². The number of nitrogens with zero attached hydrogens (tertiary/aromatic N) is 3. The Morgan fingerprint density at radius 3 is 2.82 bits per heavy atom. The summed E-state index contributed by atoms with van der Waals surface area (Å²) < 4.78 is 0.